The fraction of sp³-hybridized carbons (Fsp3) is 0.417. The van der Waals surface area contributed by atoms with Gasteiger partial charge in [-0.25, -0.2) is 8.78 Å². The van der Waals surface area contributed by atoms with Crippen molar-refractivity contribution in [3.63, 3.8) is 0 Å². The first-order chi connectivity index (χ1) is 14.9. The molecule has 2 amide bonds. The molecule has 0 saturated carbocycles. The van der Waals surface area contributed by atoms with Gasteiger partial charge in [0, 0.05) is 19.0 Å². The largest absolute Gasteiger partial charge is 0.493 e. The lowest BCUT2D eigenvalue weighted by atomic mass is 9.96. The number of nitrogens with one attached hydrogen (secondary N) is 1. The van der Waals surface area contributed by atoms with Crippen LogP contribution in [0.5, 0.6) is 5.75 Å². The molecule has 1 fully saturated rings. The molecule has 2 aromatic carbocycles. The van der Waals surface area contributed by atoms with Crippen LogP contribution >= 0.6 is 0 Å². The highest BCUT2D eigenvalue weighted by Gasteiger charge is 2.33. The van der Waals surface area contributed by atoms with Gasteiger partial charge in [-0.15, -0.1) is 0 Å². The molecule has 1 aliphatic rings. The molecular formula is C24H28F2N2O3. The first-order valence-corrected chi connectivity index (χ1v) is 10.6. The smallest absolute Gasteiger partial charge is 0.257 e. The lowest BCUT2D eigenvalue weighted by Crippen LogP contribution is -2.54. The van der Waals surface area contributed by atoms with Crippen LogP contribution in [0.25, 0.3) is 0 Å². The molecule has 166 valence electrons. The monoisotopic (exact) mass is 430 g/mol. The molecule has 3 rings (SSSR count). The van der Waals surface area contributed by atoms with Gasteiger partial charge in [-0.3, -0.25) is 9.59 Å². The minimum absolute atomic E-state index is 0.172. The number of piperidine rings is 1. The van der Waals surface area contributed by atoms with E-state index < -0.39 is 29.1 Å². The van der Waals surface area contributed by atoms with Crippen LogP contribution in [0.2, 0.25) is 0 Å². The predicted molar refractivity (Wildman–Crippen MR) is 114 cm³/mol. The number of hydrogen-bond donors (Lipinski definition) is 1. The summed E-state index contributed by atoms with van der Waals surface area (Å²) in [5, 5.41) is 2.54. The van der Waals surface area contributed by atoms with Crippen LogP contribution in [-0.4, -0.2) is 42.5 Å². The maximum Gasteiger partial charge on any atom is 0.257 e. The molecule has 0 bridgehead atoms. The quantitative estimate of drug-likeness (QED) is 0.721. The lowest BCUT2D eigenvalue weighted by Gasteiger charge is -2.36. The number of carbonyl (C=O) groups excluding carboxylic acids is 2. The number of nitrogens with zero attached hydrogens (tertiary/aromatic N) is 1. The first kappa shape index (κ1) is 22.7. The molecule has 7 heteroatoms. The van der Waals surface area contributed by atoms with Crippen molar-refractivity contribution in [2.24, 2.45) is 11.8 Å². The van der Waals surface area contributed by atoms with E-state index in [-0.39, 0.29) is 17.7 Å². The van der Waals surface area contributed by atoms with Crippen LogP contribution in [0.15, 0.2) is 48.5 Å². The zero-order valence-electron chi connectivity index (χ0n) is 17.8. The van der Waals surface area contributed by atoms with E-state index in [4.69, 9.17) is 4.74 Å². The molecule has 1 aliphatic heterocycles. The fourth-order valence-corrected chi connectivity index (χ4v) is 3.77. The Kier molecular flexibility index (Phi) is 7.60. The minimum Gasteiger partial charge on any atom is -0.493 e. The van der Waals surface area contributed by atoms with Crippen LogP contribution in [0.4, 0.5) is 8.78 Å². The number of ether oxygens (including phenoxy) is 1. The maximum absolute atomic E-state index is 14.0. The van der Waals surface area contributed by atoms with E-state index in [0.29, 0.717) is 19.7 Å². The first-order valence-electron chi connectivity index (χ1n) is 10.6. The molecule has 0 radical (unpaired) electrons. The van der Waals surface area contributed by atoms with Crippen molar-refractivity contribution < 1.29 is 23.1 Å². The van der Waals surface area contributed by atoms with Crippen molar-refractivity contribution in [1.29, 1.82) is 0 Å². The molecule has 2 aromatic rings. The molecule has 1 saturated heterocycles. The summed E-state index contributed by atoms with van der Waals surface area (Å²) >= 11 is 0. The van der Waals surface area contributed by atoms with E-state index in [9.17, 15) is 18.4 Å². The van der Waals surface area contributed by atoms with Crippen molar-refractivity contribution in [2.45, 2.75) is 32.7 Å². The van der Waals surface area contributed by atoms with Crippen LogP contribution in [0.3, 0.4) is 0 Å². The van der Waals surface area contributed by atoms with Crippen molar-refractivity contribution >= 4 is 11.8 Å². The fourth-order valence-electron chi connectivity index (χ4n) is 3.77. The van der Waals surface area contributed by atoms with Crippen molar-refractivity contribution in [1.82, 2.24) is 10.2 Å². The Balaban J connectivity index is 1.64. The Labute approximate surface area is 181 Å². The van der Waals surface area contributed by atoms with Gasteiger partial charge in [0.1, 0.15) is 29.0 Å². The Hall–Kier alpha value is -2.96. The van der Waals surface area contributed by atoms with Gasteiger partial charge in [-0.05, 0) is 43.0 Å². The number of amides is 2. The topological polar surface area (TPSA) is 58.6 Å². The van der Waals surface area contributed by atoms with Gasteiger partial charge in [0.05, 0.1) is 6.61 Å². The Morgan fingerprint density at radius 1 is 1.10 bits per heavy atom. The van der Waals surface area contributed by atoms with Crippen LogP contribution in [-0.2, 0) is 4.79 Å². The summed E-state index contributed by atoms with van der Waals surface area (Å²) in [6.07, 6.45) is 1.77. The van der Waals surface area contributed by atoms with Crippen molar-refractivity contribution in [3.8, 4) is 5.75 Å². The second-order valence-electron chi connectivity index (χ2n) is 8.21. The van der Waals surface area contributed by atoms with Gasteiger partial charge in [-0.2, -0.15) is 0 Å². The molecule has 5 nitrogen and oxygen atoms in total. The number of rotatable bonds is 7. The van der Waals surface area contributed by atoms with Crippen LogP contribution in [0.1, 0.15) is 37.0 Å². The third kappa shape index (κ3) is 5.81. The molecule has 2 unspecified atom stereocenters. The number of likely N-dealkylation sites (tertiary alicyclic amines) is 1. The van der Waals surface area contributed by atoms with E-state index in [2.05, 4.69) is 5.32 Å². The van der Waals surface area contributed by atoms with E-state index in [1.807, 2.05) is 30.3 Å². The third-order valence-corrected chi connectivity index (χ3v) is 5.47. The number of halogens is 2. The number of para-hydroxylation sites is 1. The summed E-state index contributed by atoms with van der Waals surface area (Å²) in [5.41, 5.74) is -0.672. The summed E-state index contributed by atoms with van der Waals surface area (Å²) in [7, 11) is 0. The summed E-state index contributed by atoms with van der Waals surface area (Å²) in [6, 6.07) is 11.9. The SMILES string of the molecule is CC(C)C(NC(=O)c1c(F)cccc1F)C(=O)N1CCCC(COc2ccccc2)C1. The average Bonchev–Trinajstić information content (AvgIpc) is 2.76. The zero-order valence-corrected chi connectivity index (χ0v) is 17.8. The average molecular weight is 430 g/mol. The van der Waals surface area contributed by atoms with E-state index in [0.717, 1.165) is 30.7 Å². The summed E-state index contributed by atoms with van der Waals surface area (Å²) in [4.78, 5) is 27.4. The Bertz CT molecular complexity index is 885. The summed E-state index contributed by atoms with van der Waals surface area (Å²) in [5.74, 6) is -2.37. The number of carbonyl (C=O) groups is 2. The lowest BCUT2D eigenvalue weighted by molar-refractivity contribution is -0.136. The molecule has 31 heavy (non-hydrogen) atoms. The highest BCUT2D eigenvalue weighted by molar-refractivity contribution is 5.98. The van der Waals surface area contributed by atoms with Gasteiger partial charge < -0.3 is 15.0 Å². The van der Waals surface area contributed by atoms with Gasteiger partial charge in [0.25, 0.3) is 5.91 Å². The van der Waals surface area contributed by atoms with E-state index in [1.54, 1.807) is 18.7 Å². The van der Waals surface area contributed by atoms with E-state index in [1.165, 1.54) is 6.07 Å². The number of benzene rings is 2. The van der Waals surface area contributed by atoms with Gasteiger partial charge in [-0.1, -0.05) is 38.1 Å². The maximum atomic E-state index is 14.0. The van der Waals surface area contributed by atoms with Gasteiger partial charge in [0.2, 0.25) is 5.91 Å². The second kappa shape index (κ2) is 10.4. The number of hydrogen-bond acceptors (Lipinski definition) is 3. The highest BCUT2D eigenvalue weighted by atomic mass is 19.1. The second-order valence-corrected chi connectivity index (χ2v) is 8.21. The predicted octanol–water partition coefficient (Wildman–Crippen LogP) is 4.04. The Morgan fingerprint density at radius 2 is 1.77 bits per heavy atom. The Morgan fingerprint density at radius 3 is 2.42 bits per heavy atom. The van der Waals surface area contributed by atoms with Gasteiger partial charge in [0.15, 0.2) is 0 Å². The molecule has 0 spiro atoms. The minimum atomic E-state index is -0.955. The molecular weight excluding hydrogens is 402 g/mol. The summed E-state index contributed by atoms with van der Waals surface area (Å²) < 4.78 is 33.8. The molecule has 1 N–H and O–H groups in total. The van der Waals surface area contributed by atoms with Crippen molar-refractivity contribution in [2.75, 3.05) is 19.7 Å². The van der Waals surface area contributed by atoms with Gasteiger partial charge >= 0.3 is 0 Å². The zero-order chi connectivity index (χ0) is 22.4. The normalized spacial score (nSPS) is 17.3. The highest BCUT2D eigenvalue weighted by Crippen LogP contribution is 2.21. The molecule has 2 atom stereocenters. The van der Waals surface area contributed by atoms with Crippen LogP contribution < -0.4 is 10.1 Å². The summed E-state index contributed by atoms with van der Waals surface area (Å²) in [6.45, 7) is 5.17. The molecule has 0 aliphatic carbocycles. The third-order valence-electron chi connectivity index (χ3n) is 5.47. The van der Waals surface area contributed by atoms with Crippen molar-refractivity contribution in [3.05, 3.63) is 65.7 Å². The molecule has 0 aromatic heterocycles. The molecule has 1 heterocycles. The standard InChI is InChI=1S/C24H28F2N2O3/c1-16(2)22(27-23(29)21-19(25)11-6-12-20(21)26)24(30)28-13-7-8-17(14-28)15-31-18-9-4-3-5-10-18/h3-6,9-12,16-17,22H,7-8,13-15H2,1-2H3,(H,27,29). The van der Waals surface area contributed by atoms with Crippen LogP contribution in [0, 0.1) is 23.5 Å². The van der Waals surface area contributed by atoms with E-state index >= 15 is 0 Å².